The van der Waals surface area contributed by atoms with Crippen LogP contribution in [0.5, 0.6) is 0 Å². The smallest absolute Gasteiger partial charge is 0.270 e. The van der Waals surface area contributed by atoms with Gasteiger partial charge >= 0.3 is 0 Å². The van der Waals surface area contributed by atoms with E-state index in [4.69, 9.17) is 5.84 Å². The van der Waals surface area contributed by atoms with Crippen molar-refractivity contribution in [1.29, 1.82) is 0 Å². The molecule has 0 amide bonds. The molecule has 0 radical (unpaired) electrons. The Morgan fingerprint density at radius 3 is 3.45 bits per heavy atom. The summed E-state index contributed by atoms with van der Waals surface area (Å²) >= 11 is 0. The van der Waals surface area contributed by atoms with Gasteiger partial charge in [0.1, 0.15) is 5.29 Å². The van der Waals surface area contributed by atoms with Crippen LogP contribution in [0, 0.1) is 0 Å². The van der Waals surface area contributed by atoms with Gasteiger partial charge in [0.25, 0.3) is 6.67 Å². The van der Waals surface area contributed by atoms with Gasteiger partial charge in [0.15, 0.2) is 5.84 Å². The second-order valence-corrected chi connectivity index (χ2v) is 3.43. The number of hydroxylamine groups is 2. The van der Waals surface area contributed by atoms with Gasteiger partial charge in [0.05, 0.1) is 6.29 Å². The van der Waals surface area contributed by atoms with Crippen molar-refractivity contribution in [2.75, 3.05) is 13.0 Å². The first kappa shape index (κ1) is 6.76. The minimum atomic E-state index is 0.290. The molecule has 0 atom stereocenters. The Bertz CT molecular complexity index is 282. The molecule has 6 heteroatoms. The lowest BCUT2D eigenvalue weighted by atomic mass is 10.4. The topological polar surface area (TPSA) is 64.9 Å². The molecule has 2 rings (SSSR count). The molecule has 58 valence electrons. The van der Waals surface area contributed by atoms with Gasteiger partial charge in [-0.05, 0) is 0 Å². The molecule has 0 fully saturated rings. The van der Waals surface area contributed by atoms with Gasteiger partial charge in [-0.3, -0.25) is 10.2 Å². The number of hydrogen-bond donors (Lipinski definition) is 2. The molecule has 0 unspecified atom stereocenters. The average molecular weight is 171 g/mol. The van der Waals surface area contributed by atoms with Crippen molar-refractivity contribution in [3.05, 3.63) is 0 Å². The van der Waals surface area contributed by atoms with Gasteiger partial charge < -0.3 is 0 Å². The summed E-state index contributed by atoms with van der Waals surface area (Å²) in [5.41, 5.74) is 0. The lowest BCUT2D eigenvalue weighted by Crippen LogP contribution is -2.47. The molecule has 2 heterocycles. The normalized spacial score (nSPS) is 23.7. The first-order chi connectivity index (χ1) is 5.27. The van der Waals surface area contributed by atoms with Crippen molar-refractivity contribution >= 4 is 25.5 Å². The van der Waals surface area contributed by atoms with Gasteiger partial charge in [0.2, 0.25) is 6.21 Å². The third kappa shape index (κ3) is 1.02. The van der Waals surface area contributed by atoms with Crippen LogP contribution in [0.25, 0.3) is 0 Å². The fourth-order valence-corrected chi connectivity index (χ4v) is 1.98. The van der Waals surface area contributed by atoms with Crippen LogP contribution in [0.15, 0.2) is 4.99 Å². The van der Waals surface area contributed by atoms with E-state index in [0.717, 1.165) is 24.8 Å². The second-order valence-electron chi connectivity index (χ2n) is 2.35. The Hall–Kier alpha value is -0.930. The zero-order valence-corrected chi connectivity index (χ0v) is 6.70. The number of hydrazone groups is 1. The maximum atomic E-state index is 9.29. The highest BCUT2D eigenvalue weighted by Crippen LogP contribution is 2.12. The molecule has 11 heavy (non-hydrogen) atoms. The Labute approximate surface area is 65.2 Å². The quantitative estimate of drug-likeness (QED) is 0.282. The van der Waals surface area contributed by atoms with Crippen LogP contribution < -0.4 is 5.84 Å². The number of nitrogens with zero attached hydrogens (tertiary/aromatic N) is 3. The van der Waals surface area contributed by atoms with Gasteiger partial charge in [-0.2, -0.15) is 5.06 Å². The number of fused-ring (bicyclic) bond motifs is 1. The van der Waals surface area contributed by atoms with Crippen LogP contribution in [0.3, 0.4) is 0 Å². The van der Waals surface area contributed by atoms with Crippen molar-refractivity contribution in [2.24, 2.45) is 10.8 Å². The summed E-state index contributed by atoms with van der Waals surface area (Å²) in [7, 11) is 1.11. The summed E-state index contributed by atoms with van der Waals surface area (Å²) in [4.78, 5) is 4.10. The number of rotatable bonds is 0. The molecule has 2 aliphatic rings. The highest BCUT2D eigenvalue weighted by atomic mass is 31.1. The van der Waals surface area contributed by atoms with Gasteiger partial charge in [-0.1, -0.05) is 8.20 Å². The largest absolute Gasteiger partial charge is 0.282 e. The van der Waals surface area contributed by atoms with Gasteiger partial charge in [-0.15, -0.1) is 4.68 Å². The van der Waals surface area contributed by atoms with E-state index in [9.17, 15) is 5.21 Å². The Morgan fingerprint density at radius 1 is 1.82 bits per heavy atom. The molecule has 0 aromatic heterocycles. The van der Waals surface area contributed by atoms with Crippen LogP contribution in [-0.4, -0.2) is 45.3 Å². The van der Waals surface area contributed by atoms with E-state index < -0.39 is 0 Å². The Kier molecular flexibility index (Phi) is 1.41. The molecule has 0 bridgehead atoms. The van der Waals surface area contributed by atoms with E-state index in [1.54, 1.807) is 6.21 Å². The van der Waals surface area contributed by atoms with E-state index in [1.165, 1.54) is 4.68 Å². The molecule has 5 nitrogen and oxygen atoms in total. The summed E-state index contributed by atoms with van der Waals surface area (Å²) in [6.07, 6.45) is 2.53. The van der Waals surface area contributed by atoms with E-state index in [0.29, 0.717) is 5.84 Å². The van der Waals surface area contributed by atoms with Gasteiger partial charge in [0, 0.05) is 0 Å². The molecule has 3 N–H and O–H groups in total. The van der Waals surface area contributed by atoms with Crippen LogP contribution in [0.2, 0.25) is 0 Å². The highest BCUT2D eigenvalue weighted by Gasteiger charge is 2.27. The van der Waals surface area contributed by atoms with Crippen molar-refractivity contribution < 1.29 is 9.89 Å². The Morgan fingerprint density at radius 2 is 2.64 bits per heavy atom. The number of hydrazine groups is 1. The molecule has 0 saturated carbocycles. The van der Waals surface area contributed by atoms with E-state index in [1.807, 2.05) is 0 Å². The molecule has 0 saturated heterocycles. The molecule has 2 aliphatic heterocycles. The first-order valence-corrected chi connectivity index (χ1v) is 4.27. The summed E-state index contributed by atoms with van der Waals surface area (Å²) < 4.78 is 1.44. The lowest BCUT2D eigenvalue weighted by molar-refractivity contribution is -0.565. The van der Waals surface area contributed by atoms with Crippen molar-refractivity contribution in [3.8, 4) is 0 Å². The third-order valence-electron chi connectivity index (χ3n) is 1.52. The molecule has 0 aliphatic carbocycles. The fourth-order valence-electron chi connectivity index (χ4n) is 1.06. The monoisotopic (exact) mass is 171 g/mol. The summed E-state index contributed by atoms with van der Waals surface area (Å²) in [6, 6.07) is 0. The molecule has 0 spiro atoms. The standard InChI is InChI=1S/C5H8N4OP/c6-8-1-4-5(7-2-11-4)9(10)3-8/h1,10H,2-3,6H2/q+1. The maximum Gasteiger partial charge on any atom is 0.270 e. The average Bonchev–Trinajstić information content (AvgIpc) is 2.34. The summed E-state index contributed by atoms with van der Waals surface area (Å²) in [5.74, 6) is 6.14. The summed E-state index contributed by atoms with van der Waals surface area (Å²) in [6.45, 7) is 0.290. The molecule has 0 aromatic carbocycles. The van der Waals surface area contributed by atoms with Crippen molar-refractivity contribution in [1.82, 2.24) is 5.06 Å². The molecular weight excluding hydrogens is 163 g/mol. The number of nitrogens with two attached hydrogens (primary N) is 1. The lowest BCUT2D eigenvalue weighted by Gasteiger charge is -2.16. The predicted molar refractivity (Wildman–Crippen MR) is 43.2 cm³/mol. The zero-order valence-electron chi connectivity index (χ0n) is 5.80. The number of amidine groups is 1. The second kappa shape index (κ2) is 2.29. The van der Waals surface area contributed by atoms with Crippen LogP contribution in [0.1, 0.15) is 0 Å². The minimum Gasteiger partial charge on any atom is -0.282 e. The number of hydrogen-bond acceptors (Lipinski definition) is 4. The third-order valence-corrected chi connectivity index (χ3v) is 2.46. The first-order valence-electron chi connectivity index (χ1n) is 3.19. The Balaban J connectivity index is 2.40. The number of aliphatic imine (C=N–C) groups is 1. The van der Waals surface area contributed by atoms with Crippen LogP contribution in [0.4, 0.5) is 0 Å². The predicted octanol–water partition coefficient (Wildman–Crippen LogP) is -0.906. The fraction of sp³-hybridized carbons (Fsp3) is 0.400. The minimum absolute atomic E-state index is 0.290. The van der Waals surface area contributed by atoms with Gasteiger partial charge in [-0.25, -0.2) is 5.84 Å². The molecule has 0 aromatic rings. The summed E-state index contributed by atoms with van der Waals surface area (Å²) in [5, 5.41) is 11.3. The van der Waals surface area contributed by atoms with E-state index in [2.05, 4.69) is 4.99 Å². The SMILES string of the molecule is N[N+]1=CC2=PCN=C2N(O)C1. The maximum absolute atomic E-state index is 9.29. The van der Waals surface area contributed by atoms with E-state index in [-0.39, 0.29) is 6.67 Å². The van der Waals surface area contributed by atoms with E-state index >= 15 is 0 Å². The van der Waals surface area contributed by atoms with Crippen molar-refractivity contribution in [3.63, 3.8) is 0 Å². The van der Waals surface area contributed by atoms with Crippen molar-refractivity contribution in [2.45, 2.75) is 0 Å². The molecular formula is C5H8N4OP+. The highest BCUT2D eigenvalue weighted by molar-refractivity contribution is 7.47. The van der Waals surface area contributed by atoms with Crippen LogP contribution >= 0.6 is 8.20 Å². The zero-order chi connectivity index (χ0) is 7.84. The van der Waals surface area contributed by atoms with Crippen LogP contribution in [-0.2, 0) is 0 Å².